The van der Waals surface area contributed by atoms with Crippen LogP contribution in [0.5, 0.6) is 0 Å². The molecule has 1 heterocycles. The van der Waals surface area contributed by atoms with Crippen LogP contribution in [0.25, 0.3) is 11.5 Å². The minimum absolute atomic E-state index is 0.0720. The number of rotatable bonds is 7. The summed E-state index contributed by atoms with van der Waals surface area (Å²) >= 11 is 0. The summed E-state index contributed by atoms with van der Waals surface area (Å²) < 4.78 is 31.7. The van der Waals surface area contributed by atoms with Crippen LogP contribution in [0.3, 0.4) is 0 Å². The van der Waals surface area contributed by atoms with Crippen LogP contribution in [-0.2, 0) is 27.9 Å². The van der Waals surface area contributed by atoms with Gasteiger partial charge in [0.05, 0.1) is 17.0 Å². The van der Waals surface area contributed by atoms with E-state index >= 15 is 0 Å². The molecule has 0 aliphatic rings. The third-order valence-corrected chi connectivity index (χ3v) is 5.10. The lowest BCUT2D eigenvalue weighted by Crippen LogP contribution is -2.28. The van der Waals surface area contributed by atoms with Gasteiger partial charge in [-0.3, -0.25) is 9.00 Å². The van der Waals surface area contributed by atoms with Gasteiger partial charge >= 0.3 is 0 Å². The third kappa shape index (κ3) is 5.10. The predicted molar refractivity (Wildman–Crippen MR) is 102 cm³/mol. The Kier molecular flexibility index (Phi) is 6.13. The first-order valence-electron chi connectivity index (χ1n) is 8.39. The molecule has 1 amide bonds. The molecule has 1 aromatic heterocycles. The van der Waals surface area contributed by atoms with Crippen molar-refractivity contribution < 1.29 is 17.8 Å². The number of carbonyl (C=O) groups is 1. The SMILES string of the molecule is Cc1oc(-c2ccccc2F)nc1C[S@@](=O)CC(=O)NCc1ccccc1. The molecule has 140 valence electrons. The van der Waals surface area contributed by atoms with Gasteiger partial charge < -0.3 is 9.73 Å². The average molecular weight is 386 g/mol. The Hall–Kier alpha value is -2.80. The maximum absolute atomic E-state index is 13.9. The van der Waals surface area contributed by atoms with Crippen molar-refractivity contribution in [1.82, 2.24) is 10.3 Å². The minimum atomic E-state index is -1.45. The standard InChI is InChI=1S/C20H19FN2O3S/c1-14-18(23-20(26-14)16-9-5-6-10-17(16)21)12-27(25)13-19(24)22-11-15-7-3-2-4-8-15/h2-10H,11-13H2,1H3,(H,22,24)/t27-/m1/s1. The van der Waals surface area contributed by atoms with Gasteiger partial charge in [-0.15, -0.1) is 0 Å². The number of hydrogen-bond donors (Lipinski definition) is 1. The highest BCUT2D eigenvalue weighted by atomic mass is 32.2. The molecule has 0 aliphatic heterocycles. The van der Waals surface area contributed by atoms with Crippen LogP contribution in [0, 0.1) is 12.7 Å². The molecule has 0 saturated heterocycles. The van der Waals surface area contributed by atoms with E-state index in [1.54, 1.807) is 25.1 Å². The highest BCUT2D eigenvalue weighted by Gasteiger charge is 2.17. The summed E-state index contributed by atoms with van der Waals surface area (Å²) in [5.74, 6) is -0.187. The second-order valence-electron chi connectivity index (χ2n) is 5.99. The summed E-state index contributed by atoms with van der Waals surface area (Å²) in [5, 5.41) is 2.74. The van der Waals surface area contributed by atoms with Gasteiger partial charge in [0.15, 0.2) is 0 Å². The Morgan fingerprint density at radius 2 is 1.85 bits per heavy atom. The zero-order valence-electron chi connectivity index (χ0n) is 14.8. The van der Waals surface area contributed by atoms with Gasteiger partial charge in [0.2, 0.25) is 11.8 Å². The van der Waals surface area contributed by atoms with Crippen LogP contribution in [0.1, 0.15) is 17.0 Å². The van der Waals surface area contributed by atoms with Crippen molar-refractivity contribution in [3.63, 3.8) is 0 Å². The van der Waals surface area contributed by atoms with E-state index in [2.05, 4.69) is 10.3 Å². The molecule has 5 nitrogen and oxygen atoms in total. The van der Waals surface area contributed by atoms with Crippen LogP contribution in [0.2, 0.25) is 0 Å². The van der Waals surface area contributed by atoms with Crippen molar-refractivity contribution in [2.45, 2.75) is 19.2 Å². The van der Waals surface area contributed by atoms with Crippen molar-refractivity contribution in [3.8, 4) is 11.5 Å². The quantitative estimate of drug-likeness (QED) is 0.676. The number of amides is 1. The summed E-state index contributed by atoms with van der Waals surface area (Å²) in [6.07, 6.45) is 0. The van der Waals surface area contributed by atoms with Crippen LogP contribution >= 0.6 is 0 Å². The van der Waals surface area contributed by atoms with Gasteiger partial charge in [-0.05, 0) is 24.6 Å². The Morgan fingerprint density at radius 3 is 2.59 bits per heavy atom. The number of nitrogens with zero attached hydrogens (tertiary/aromatic N) is 1. The van der Waals surface area contributed by atoms with Gasteiger partial charge in [0, 0.05) is 17.3 Å². The lowest BCUT2D eigenvalue weighted by molar-refractivity contribution is -0.118. The van der Waals surface area contributed by atoms with E-state index in [9.17, 15) is 13.4 Å². The monoisotopic (exact) mass is 386 g/mol. The van der Waals surface area contributed by atoms with Gasteiger partial charge in [0.1, 0.15) is 17.3 Å². The number of benzene rings is 2. The first-order chi connectivity index (χ1) is 13.0. The number of aryl methyl sites for hydroxylation is 1. The molecule has 2 aromatic carbocycles. The molecule has 1 atom stereocenters. The highest BCUT2D eigenvalue weighted by molar-refractivity contribution is 7.84. The summed E-state index contributed by atoms with van der Waals surface area (Å²) in [6, 6.07) is 15.6. The number of hydrogen-bond acceptors (Lipinski definition) is 4. The average Bonchev–Trinajstić information content (AvgIpc) is 3.01. The molecule has 0 fully saturated rings. The second-order valence-corrected chi connectivity index (χ2v) is 7.45. The molecule has 0 unspecified atom stereocenters. The van der Waals surface area contributed by atoms with E-state index < -0.39 is 16.6 Å². The van der Waals surface area contributed by atoms with E-state index in [0.717, 1.165) is 5.56 Å². The first-order valence-corrected chi connectivity index (χ1v) is 9.88. The molecular weight excluding hydrogens is 367 g/mol. The second kappa shape index (κ2) is 8.73. The van der Waals surface area contributed by atoms with Crippen LogP contribution in [0.15, 0.2) is 59.0 Å². The molecular formula is C20H19FN2O3S. The first kappa shape index (κ1) is 19.0. The summed E-state index contributed by atoms with van der Waals surface area (Å²) in [7, 11) is -1.45. The van der Waals surface area contributed by atoms with Gasteiger partial charge in [-0.25, -0.2) is 9.37 Å². The van der Waals surface area contributed by atoms with Gasteiger partial charge in [0.25, 0.3) is 0 Å². The van der Waals surface area contributed by atoms with Crippen molar-refractivity contribution in [3.05, 3.63) is 77.4 Å². The minimum Gasteiger partial charge on any atom is -0.441 e. The Labute approximate surface area is 159 Å². The molecule has 0 spiro atoms. The fraction of sp³-hybridized carbons (Fsp3) is 0.200. The molecule has 0 radical (unpaired) electrons. The van der Waals surface area contributed by atoms with Crippen molar-refractivity contribution in [2.75, 3.05) is 5.75 Å². The predicted octanol–water partition coefficient (Wildman–Crippen LogP) is 3.35. The Bertz CT molecular complexity index is 957. The van der Waals surface area contributed by atoms with E-state index in [-0.39, 0.29) is 28.9 Å². The van der Waals surface area contributed by atoms with Gasteiger partial charge in [-0.2, -0.15) is 0 Å². The zero-order chi connectivity index (χ0) is 19.2. The van der Waals surface area contributed by atoms with Crippen LogP contribution < -0.4 is 5.32 Å². The number of halogens is 1. The molecule has 0 aliphatic carbocycles. The largest absolute Gasteiger partial charge is 0.441 e. The smallest absolute Gasteiger partial charge is 0.232 e. The van der Waals surface area contributed by atoms with Crippen molar-refractivity contribution >= 4 is 16.7 Å². The maximum Gasteiger partial charge on any atom is 0.232 e. The number of nitrogens with one attached hydrogen (secondary N) is 1. The highest BCUT2D eigenvalue weighted by Crippen LogP contribution is 2.24. The Balaban J connectivity index is 1.58. The van der Waals surface area contributed by atoms with Crippen LogP contribution in [-0.4, -0.2) is 20.9 Å². The summed E-state index contributed by atoms with van der Waals surface area (Å²) in [6.45, 7) is 2.07. The van der Waals surface area contributed by atoms with Crippen LogP contribution in [0.4, 0.5) is 4.39 Å². The number of oxazole rings is 1. The van der Waals surface area contributed by atoms with Gasteiger partial charge in [-0.1, -0.05) is 42.5 Å². The Morgan fingerprint density at radius 1 is 1.15 bits per heavy atom. The number of carbonyl (C=O) groups excluding carboxylic acids is 1. The molecule has 0 bridgehead atoms. The normalized spacial score (nSPS) is 11.9. The fourth-order valence-electron chi connectivity index (χ4n) is 2.51. The van der Waals surface area contributed by atoms with E-state index in [0.29, 0.717) is 18.0 Å². The number of aromatic nitrogens is 1. The fourth-order valence-corrected chi connectivity index (χ4v) is 3.58. The van der Waals surface area contributed by atoms with E-state index in [1.165, 1.54) is 6.07 Å². The van der Waals surface area contributed by atoms with Crippen molar-refractivity contribution in [2.24, 2.45) is 0 Å². The molecule has 27 heavy (non-hydrogen) atoms. The zero-order valence-corrected chi connectivity index (χ0v) is 15.6. The lowest BCUT2D eigenvalue weighted by atomic mass is 10.2. The molecule has 0 saturated carbocycles. The molecule has 1 N–H and O–H groups in total. The van der Waals surface area contributed by atoms with E-state index in [4.69, 9.17) is 4.42 Å². The molecule has 7 heteroatoms. The summed E-state index contributed by atoms with van der Waals surface area (Å²) in [4.78, 5) is 16.2. The van der Waals surface area contributed by atoms with Crippen molar-refractivity contribution in [1.29, 1.82) is 0 Å². The molecule has 3 rings (SSSR count). The maximum atomic E-state index is 13.9. The topological polar surface area (TPSA) is 72.2 Å². The van der Waals surface area contributed by atoms with E-state index in [1.807, 2.05) is 30.3 Å². The summed E-state index contributed by atoms with van der Waals surface area (Å²) in [5.41, 5.74) is 1.68. The third-order valence-electron chi connectivity index (χ3n) is 3.92. The molecule has 3 aromatic rings. The lowest BCUT2D eigenvalue weighted by Gasteiger charge is -2.05.